The summed E-state index contributed by atoms with van der Waals surface area (Å²) in [7, 11) is 1.34. The highest BCUT2D eigenvalue weighted by molar-refractivity contribution is 14.1. The van der Waals surface area contributed by atoms with Crippen molar-refractivity contribution < 1.29 is 13.5 Å². The lowest BCUT2D eigenvalue weighted by Crippen LogP contribution is -2.05. The average Bonchev–Trinajstić information content (AvgIpc) is 2.17. The van der Waals surface area contributed by atoms with E-state index in [9.17, 15) is 8.78 Å². The third-order valence-corrected chi connectivity index (χ3v) is 2.89. The summed E-state index contributed by atoms with van der Waals surface area (Å²) in [6, 6.07) is 0. The Morgan fingerprint density at radius 1 is 1.64 bits per heavy atom. The van der Waals surface area contributed by atoms with Crippen molar-refractivity contribution in [1.82, 2.24) is 4.98 Å². The molecule has 0 atom stereocenters. The maximum atomic E-state index is 12.5. The molecule has 0 radical (unpaired) electrons. The number of hydrogen-bond acceptors (Lipinski definition) is 3. The summed E-state index contributed by atoms with van der Waals surface area (Å²) >= 11 is 1.92. The lowest BCUT2D eigenvalue weighted by atomic mass is 10.2. The Bertz CT molecular complexity index is 333. The number of hydrogen-bond donors (Lipinski definition) is 1. The van der Waals surface area contributed by atoms with E-state index in [-0.39, 0.29) is 18.0 Å². The summed E-state index contributed by atoms with van der Waals surface area (Å²) in [6.45, 7) is 0.255. The molecular formula is C8H9F2IN2O. The maximum Gasteiger partial charge on any atom is 0.284 e. The molecule has 6 heteroatoms. The van der Waals surface area contributed by atoms with Gasteiger partial charge in [-0.15, -0.1) is 0 Å². The lowest BCUT2D eigenvalue weighted by Gasteiger charge is -2.11. The highest BCUT2D eigenvalue weighted by atomic mass is 127. The van der Waals surface area contributed by atoms with Crippen LogP contribution < -0.4 is 10.5 Å². The van der Waals surface area contributed by atoms with Crippen molar-refractivity contribution in [2.45, 2.75) is 13.0 Å². The van der Waals surface area contributed by atoms with Crippen molar-refractivity contribution in [2.75, 3.05) is 7.11 Å². The summed E-state index contributed by atoms with van der Waals surface area (Å²) in [5.41, 5.74) is 5.77. The molecule has 0 spiro atoms. The summed E-state index contributed by atoms with van der Waals surface area (Å²) in [4.78, 5) is 3.62. The van der Waals surface area contributed by atoms with Gasteiger partial charge in [0.05, 0.1) is 10.7 Å². The predicted molar refractivity (Wildman–Crippen MR) is 56.4 cm³/mol. The Morgan fingerprint density at radius 3 is 2.71 bits per heavy atom. The smallest absolute Gasteiger partial charge is 0.284 e. The fourth-order valence-electron chi connectivity index (χ4n) is 1.01. The van der Waals surface area contributed by atoms with E-state index < -0.39 is 6.43 Å². The van der Waals surface area contributed by atoms with Gasteiger partial charge < -0.3 is 10.5 Å². The normalized spacial score (nSPS) is 10.7. The quantitative estimate of drug-likeness (QED) is 0.869. The zero-order chi connectivity index (χ0) is 10.7. The van der Waals surface area contributed by atoms with Gasteiger partial charge in [0.15, 0.2) is 5.75 Å². The molecule has 1 rings (SSSR count). The van der Waals surface area contributed by atoms with Gasteiger partial charge in [0.25, 0.3) is 6.43 Å². The molecule has 0 saturated carbocycles. The Hall–Kier alpha value is -0.500. The third kappa shape index (κ3) is 2.11. The van der Waals surface area contributed by atoms with Crippen molar-refractivity contribution in [3.63, 3.8) is 0 Å². The van der Waals surface area contributed by atoms with E-state index >= 15 is 0 Å². The van der Waals surface area contributed by atoms with Crippen LogP contribution in [0.3, 0.4) is 0 Å². The van der Waals surface area contributed by atoms with Crippen molar-refractivity contribution in [3.05, 3.63) is 21.0 Å². The van der Waals surface area contributed by atoms with Crippen molar-refractivity contribution in [3.8, 4) is 5.75 Å². The van der Waals surface area contributed by atoms with Crippen molar-refractivity contribution >= 4 is 22.6 Å². The fourth-order valence-corrected chi connectivity index (χ4v) is 1.87. The molecule has 0 aliphatic heterocycles. The van der Waals surface area contributed by atoms with Crippen LogP contribution in [0.2, 0.25) is 0 Å². The van der Waals surface area contributed by atoms with Gasteiger partial charge >= 0.3 is 0 Å². The van der Waals surface area contributed by atoms with Gasteiger partial charge in [-0.3, -0.25) is 4.98 Å². The van der Waals surface area contributed by atoms with Crippen LogP contribution in [0.5, 0.6) is 5.75 Å². The van der Waals surface area contributed by atoms with Crippen LogP contribution in [0.1, 0.15) is 17.7 Å². The molecule has 0 aliphatic carbocycles. The molecule has 0 aliphatic rings. The Balaban J connectivity index is 3.28. The minimum absolute atomic E-state index is 0.114. The summed E-state index contributed by atoms with van der Waals surface area (Å²) in [5, 5.41) is 0. The van der Waals surface area contributed by atoms with Crippen LogP contribution in [-0.4, -0.2) is 12.1 Å². The molecule has 1 aromatic rings. The van der Waals surface area contributed by atoms with Crippen LogP contribution in [0.25, 0.3) is 0 Å². The topological polar surface area (TPSA) is 48.1 Å². The van der Waals surface area contributed by atoms with Gasteiger partial charge in [-0.05, 0) is 22.6 Å². The molecule has 1 heterocycles. The first-order valence-electron chi connectivity index (χ1n) is 3.81. The Labute approximate surface area is 93.8 Å². The number of halogens is 3. The van der Waals surface area contributed by atoms with Crippen LogP contribution in [0.4, 0.5) is 8.78 Å². The molecular weight excluding hydrogens is 305 g/mol. The summed E-state index contributed by atoms with van der Waals surface area (Å²) in [6.07, 6.45) is -1.28. The predicted octanol–water partition coefficient (Wildman–Crippen LogP) is 2.09. The highest BCUT2D eigenvalue weighted by Crippen LogP contribution is 2.32. The van der Waals surface area contributed by atoms with E-state index in [4.69, 9.17) is 10.5 Å². The molecule has 14 heavy (non-hydrogen) atoms. The molecule has 0 aromatic carbocycles. The van der Waals surface area contributed by atoms with E-state index in [1.165, 1.54) is 13.3 Å². The fraction of sp³-hybridized carbons (Fsp3) is 0.375. The maximum absolute atomic E-state index is 12.5. The second-order valence-electron chi connectivity index (χ2n) is 2.52. The van der Waals surface area contributed by atoms with Crippen LogP contribution in [-0.2, 0) is 6.54 Å². The largest absolute Gasteiger partial charge is 0.493 e. The molecule has 0 bridgehead atoms. The zero-order valence-electron chi connectivity index (χ0n) is 7.43. The molecule has 3 nitrogen and oxygen atoms in total. The molecule has 0 unspecified atom stereocenters. The van der Waals surface area contributed by atoms with Crippen molar-refractivity contribution in [2.24, 2.45) is 5.73 Å². The second kappa shape index (κ2) is 4.83. The van der Waals surface area contributed by atoms with E-state index in [2.05, 4.69) is 4.98 Å². The van der Waals surface area contributed by atoms with Crippen LogP contribution in [0.15, 0.2) is 6.20 Å². The average molecular weight is 314 g/mol. The van der Waals surface area contributed by atoms with E-state index in [1.807, 2.05) is 22.6 Å². The number of ether oxygens (including phenoxy) is 1. The number of aromatic nitrogens is 1. The van der Waals surface area contributed by atoms with E-state index in [0.29, 0.717) is 9.13 Å². The van der Waals surface area contributed by atoms with Gasteiger partial charge in [-0.2, -0.15) is 0 Å². The first-order valence-corrected chi connectivity index (χ1v) is 4.89. The molecule has 0 fully saturated rings. The SMILES string of the molecule is COc1c(C(F)F)ncc(CN)c1I. The molecule has 78 valence electrons. The van der Waals surface area contributed by atoms with Gasteiger partial charge in [-0.25, -0.2) is 8.78 Å². The number of rotatable bonds is 3. The van der Waals surface area contributed by atoms with E-state index in [0.717, 1.165) is 0 Å². The van der Waals surface area contributed by atoms with Gasteiger partial charge in [0.1, 0.15) is 5.69 Å². The minimum Gasteiger partial charge on any atom is -0.493 e. The van der Waals surface area contributed by atoms with Gasteiger partial charge in [-0.1, -0.05) is 0 Å². The van der Waals surface area contributed by atoms with Crippen molar-refractivity contribution in [1.29, 1.82) is 0 Å². The first kappa shape index (κ1) is 11.6. The lowest BCUT2D eigenvalue weighted by molar-refractivity contribution is 0.141. The number of pyridine rings is 1. The number of methoxy groups -OCH3 is 1. The third-order valence-electron chi connectivity index (χ3n) is 1.70. The Morgan fingerprint density at radius 2 is 2.29 bits per heavy atom. The van der Waals surface area contributed by atoms with E-state index in [1.54, 1.807) is 0 Å². The standard InChI is InChI=1S/C8H9F2IN2O/c1-14-7-5(11)4(2-12)3-13-6(7)8(9)10/h3,8H,2,12H2,1H3. The number of nitrogens with zero attached hydrogens (tertiary/aromatic N) is 1. The monoisotopic (exact) mass is 314 g/mol. The summed E-state index contributed by atoms with van der Waals surface area (Å²) in [5.74, 6) is 0.114. The molecule has 2 N–H and O–H groups in total. The molecule has 1 aromatic heterocycles. The van der Waals surface area contributed by atoms with Crippen LogP contribution >= 0.6 is 22.6 Å². The van der Waals surface area contributed by atoms with Gasteiger partial charge in [0, 0.05) is 18.3 Å². The minimum atomic E-state index is -2.63. The number of alkyl halides is 2. The van der Waals surface area contributed by atoms with Crippen LogP contribution in [0, 0.1) is 3.57 Å². The second-order valence-corrected chi connectivity index (χ2v) is 3.60. The Kier molecular flexibility index (Phi) is 3.99. The number of nitrogens with two attached hydrogens (primary N) is 1. The summed E-state index contributed by atoms with van der Waals surface area (Å²) < 4.78 is 30.4. The molecule has 0 amide bonds. The molecule has 0 saturated heterocycles. The zero-order valence-corrected chi connectivity index (χ0v) is 9.59. The highest BCUT2D eigenvalue weighted by Gasteiger charge is 2.19. The van der Waals surface area contributed by atoms with Gasteiger partial charge in [0.2, 0.25) is 0 Å². The first-order chi connectivity index (χ1) is 6.61.